The molecule has 1 N–H and O–H groups in total. The third kappa shape index (κ3) is 4.71. The normalized spacial score (nSPS) is 29.8. The van der Waals surface area contributed by atoms with Gasteiger partial charge in [0, 0.05) is 24.8 Å². The first-order valence-corrected chi connectivity index (χ1v) is 15.1. The van der Waals surface area contributed by atoms with Gasteiger partial charge in [0.25, 0.3) is 0 Å². The fraction of sp³-hybridized carbons (Fsp3) is 0.457. The number of para-hydroxylation sites is 1. The van der Waals surface area contributed by atoms with E-state index in [1.807, 2.05) is 88.4 Å². The van der Waals surface area contributed by atoms with Gasteiger partial charge in [0.05, 0.1) is 30.1 Å². The van der Waals surface area contributed by atoms with Gasteiger partial charge in [-0.3, -0.25) is 14.4 Å². The number of likely N-dealkylation sites (tertiary alicyclic amines) is 1. The van der Waals surface area contributed by atoms with Crippen LogP contribution in [0.25, 0.3) is 0 Å². The molecule has 43 heavy (non-hydrogen) atoms. The van der Waals surface area contributed by atoms with Crippen LogP contribution in [0, 0.1) is 17.8 Å². The van der Waals surface area contributed by atoms with Gasteiger partial charge < -0.3 is 24.5 Å². The minimum atomic E-state index is -1.24. The second-order valence-electron chi connectivity index (χ2n) is 12.5. The van der Waals surface area contributed by atoms with E-state index < -0.39 is 35.1 Å². The van der Waals surface area contributed by atoms with E-state index in [0.29, 0.717) is 24.2 Å². The van der Waals surface area contributed by atoms with E-state index in [2.05, 4.69) is 13.2 Å². The molecule has 3 unspecified atom stereocenters. The summed E-state index contributed by atoms with van der Waals surface area (Å²) in [5.41, 5.74) is -0.805. The average molecular weight is 586 g/mol. The Morgan fingerprint density at radius 3 is 2.21 bits per heavy atom. The number of benzene rings is 2. The van der Waals surface area contributed by atoms with E-state index in [9.17, 15) is 19.5 Å². The SMILES string of the molecule is C=CCN(C(=O)[C@H]1[C@H]2C(=O)N([C@H](CO)c3ccccc3)C(C(=O)N(CC=C)C(C)C)C23CC(C)[C@]1(C)O3)c1ccccc1. The zero-order valence-electron chi connectivity index (χ0n) is 25.6. The topological polar surface area (TPSA) is 90.4 Å². The van der Waals surface area contributed by atoms with Gasteiger partial charge in [-0.05, 0) is 50.8 Å². The first-order chi connectivity index (χ1) is 20.6. The van der Waals surface area contributed by atoms with Crippen molar-refractivity contribution in [3.05, 3.63) is 91.5 Å². The van der Waals surface area contributed by atoms with Crippen LogP contribution in [-0.4, -0.2) is 75.6 Å². The molecule has 1 spiro atoms. The molecule has 8 nitrogen and oxygen atoms in total. The lowest BCUT2D eigenvalue weighted by molar-refractivity contribution is -0.156. The summed E-state index contributed by atoms with van der Waals surface area (Å²) in [6, 6.07) is 16.6. The number of hydrogen-bond donors (Lipinski definition) is 1. The second-order valence-corrected chi connectivity index (χ2v) is 12.5. The molecule has 7 atom stereocenters. The third-order valence-electron chi connectivity index (χ3n) is 9.82. The molecule has 3 aliphatic heterocycles. The van der Waals surface area contributed by atoms with Crippen LogP contribution in [-0.2, 0) is 19.1 Å². The molecule has 2 bridgehead atoms. The Labute approximate surface area is 254 Å². The summed E-state index contributed by atoms with van der Waals surface area (Å²) in [4.78, 5) is 49.1. The highest BCUT2D eigenvalue weighted by molar-refractivity contribution is 6.03. The van der Waals surface area contributed by atoms with Crippen molar-refractivity contribution in [3.63, 3.8) is 0 Å². The molecule has 0 aromatic heterocycles. The minimum Gasteiger partial charge on any atom is -0.394 e. The molecule has 3 aliphatic rings. The molecular weight excluding hydrogens is 542 g/mol. The Morgan fingerprint density at radius 2 is 1.65 bits per heavy atom. The van der Waals surface area contributed by atoms with Gasteiger partial charge in [0.15, 0.2) is 0 Å². The molecule has 228 valence electrons. The van der Waals surface area contributed by atoms with Crippen molar-refractivity contribution in [3.8, 4) is 0 Å². The van der Waals surface area contributed by atoms with Gasteiger partial charge in [0.1, 0.15) is 11.6 Å². The van der Waals surface area contributed by atoms with Crippen LogP contribution < -0.4 is 4.90 Å². The number of carbonyl (C=O) groups is 3. The molecular formula is C35H43N3O5. The molecule has 8 heteroatoms. The Bertz CT molecular complexity index is 1380. The van der Waals surface area contributed by atoms with Crippen molar-refractivity contribution >= 4 is 23.4 Å². The molecule has 3 fully saturated rings. The molecule has 5 rings (SSSR count). The van der Waals surface area contributed by atoms with Crippen molar-refractivity contribution < 1.29 is 24.2 Å². The lowest BCUT2D eigenvalue weighted by atomic mass is 9.62. The predicted octanol–water partition coefficient (Wildman–Crippen LogP) is 4.37. The number of carbonyl (C=O) groups excluding carboxylic acids is 3. The van der Waals surface area contributed by atoms with Crippen molar-refractivity contribution in [2.45, 2.75) is 63.4 Å². The number of rotatable bonds is 11. The number of anilines is 1. The van der Waals surface area contributed by atoms with Crippen LogP contribution in [0.3, 0.4) is 0 Å². The Kier molecular flexibility index (Phi) is 8.38. The molecule has 3 saturated heterocycles. The summed E-state index contributed by atoms with van der Waals surface area (Å²) in [5, 5.41) is 10.8. The molecule has 2 aromatic carbocycles. The van der Waals surface area contributed by atoms with E-state index in [1.54, 1.807) is 22.0 Å². The van der Waals surface area contributed by atoms with Crippen LogP contribution in [0.4, 0.5) is 5.69 Å². The summed E-state index contributed by atoms with van der Waals surface area (Å²) in [5.74, 6) is -2.70. The summed E-state index contributed by atoms with van der Waals surface area (Å²) in [6.45, 7) is 15.7. The van der Waals surface area contributed by atoms with Crippen molar-refractivity contribution in [1.82, 2.24) is 9.80 Å². The number of ether oxygens (including phenoxy) is 1. The maximum absolute atomic E-state index is 14.8. The number of aliphatic hydroxyl groups excluding tert-OH is 1. The van der Waals surface area contributed by atoms with Crippen molar-refractivity contribution in [1.29, 1.82) is 0 Å². The van der Waals surface area contributed by atoms with Gasteiger partial charge >= 0.3 is 0 Å². The number of hydrogen-bond acceptors (Lipinski definition) is 5. The highest BCUT2D eigenvalue weighted by Crippen LogP contribution is 2.66. The molecule has 0 radical (unpaired) electrons. The van der Waals surface area contributed by atoms with Crippen molar-refractivity contribution in [2.24, 2.45) is 17.8 Å². The predicted molar refractivity (Wildman–Crippen MR) is 166 cm³/mol. The summed E-state index contributed by atoms with van der Waals surface area (Å²) >= 11 is 0. The Hall–Kier alpha value is -3.75. The smallest absolute Gasteiger partial charge is 0.248 e. The lowest BCUT2D eigenvalue weighted by Crippen LogP contribution is -2.58. The highest BCUT2D eigenvalue weighted by Gasteiger charge is 2.80. The summed E-state index contributed by atoms with van der Waals surface area (Å²) in [7, 11) is 0. The zero-order chi connectivity index (χ0) is 31.1. The molecule has 3 amide bonds. The first-order valence-electron chi connectivity index (χ1n) is 15.1. The van der Waals surface area contributed by atoms with Gasteiger partial charge in [0.2, 0.25) is 17.7 Å². The average Bonchev–Trinajstić information content (AvgIpc) is 3.52. The lowest BCUT2D eigenvalue weighted by Gasteiger charge is -2.40. The van der Waals surface area contributed by atoms with E-state index in [0.717, 1.165) is 0 Å². The monoisotopic (exact) mass is 585 g/mol. The van der Waals surface area contributed by atoms with E-state index in [4.69, 9.17) is 4.74 Å². The van der Waals surface area contributed by atoms with Crippen LogP contribution >= 0.6 is 0 Å². The summed E-state index contributed by atoms with van der Waals surface area (Å²) in [6.07, 6.45) is 3.78. The highest BCUT2D eigenvalue weighted by atomic mass is 16.5. The van der Waals surface area contributed by atoms with Gasteiger partial charge in [-0.25, -0.2) is 0 Å². The maximum Gasteiger partial charge on any atom is 0.248 e. The quantitative estimate of drug-likeness (QED) is 0.396. The fourth-order valence-electron chi connectivity index (χ4n) is 7.78. The van der Waals surface area contributed by atoms with Crippen LogP contribution in [0.5, 0.6) is 0 Å². The number of fused-ring (bicyclic) bond motifs is 1. The Balaban J connectivity index is 1.68. The van der Waals surface area contributed by atoms with Gasteiger partial charge in [-0.1, -0.05) is 67.6 Å². The molecule has 0 aliphatic carbocycles. The maximum atomic E-state index is 14.8. The molecule has 2 aromatic rings. The largest absolute Gasteiger partial charge is 0.394 e. The standard InChI is InChI=1S/C35H43N3O5/c1-7-19-36(23(3)4)33(42)30-35-21-24(5)34(6,43-35)28(31(40)37(20-8-2)26-17-13-10-14-18-26)29(35)32(41)38(30)27(22-39)25-15-11-9-12-16-25/h7-18,23-24,27-30,39H,1-2,19-22H2,3-6H3/t24?,27-,28-,29+,30?,34+,35?/m1/s1. The van der Waals surface area contributed by atoms with Crippen LogP contribution in [0.15, 0.2) is 86.0 Å². The van der Waals surface area contributed by atoms with E-state index in [1.165, 1.54) is 4.90 Å². The van der Waals surface area contributed by atoms with E-state index in [-0.39, 0.29) is 42.8 Å². The van der Waals surface area contributed by atoms with Crippen LogP contribution in [0.2, 0.25) is 0 Å². The Morgan fingerprint density at radius 1 is 1.05 bits per heavy atom. The summed E-state index contributed by atoms with van der Waals surface area (Å²) < 4.78 is 6.96. The minimum absolute atomic E-state index is 0.113. The number of aliphatic hydroxyl groups is 1. The third-order valence-corrected chi connectivity index (χ3v) is 9.82. The van der Waals surface area contributed by atoms with Crippen LogP contribution in [0.1, 0.15) is 45.7 Å². The first kappa shape index (κ1) is 30.7. The van der Waals surface area contributed by atoms with Gasteiger partial charge in [-0.15, -0.1) is 13.2 Å². The zero-order valence-corrected chi connectivity index (χ0v) is 25.6. The number of nitrogens with zero attached hydrogens (tertiary/aromatic N) is 3. The number of amides is 3. The van der Waals surface area contributed by atoms with Crippen molar-refractivity contribution in [2.75, 3.05) is 24.6 Å². The molecule has 0 saturated carbocycles. The van der Waals surface area contributed by atoms with E-state index >= 15 is 0 Å². The second kappa shape index (κ2) is 11.7. The molecule has 3 heterocycles. The fourth-order valence-corrected chi connectivity index (χ4v) is 7.78. The van der Waals surface area contributed by atoms with Gasteiger partial charge in [-0.2, -0.15) is 0 Å².